The van der Waals surface area contributed by atoms with E-state index in [1.807, 2.05) is 13.8 Å². The molecule has 2 rings (SSSR count). The number of nitrogens with two attached hydrogens (primary N) is 1. The van der Waals surface area contributed by atoms with Crippen LogP contribution >= 0.6 is 11.6 Å². The highest BCUT2D eigenvalue weighted by atomic mass is 35.5. The molecule has 0 saturated heterocycles. The summed E-state index contributed by atoms with van der Waals surface area (Å²) in [6.45, 7) is 2.91. The number of hydrogen-bond donors (Lipinski definition) is 1. The normalized spacial score (nSPS) is 12.2. The zero-order valence-electron chi connectivity index (χ0n) is 11.0. The van der Waals surface area contributed by atoms with E-state index in [0.717, 1.165) is 5.56 Å². The lowest BCUT2D eigenvalue weighted by molar-refractivity contribution is 0.0804. The molecule has 7 heteroatoms. The largest absolute Gasteiger partial charge is 0.471 e. The molecule has 0 aromatic carbocycles. The minimum absolute atomic E-state index is 0.0949. The molecule has 0 bridgehead atoms. The molecule has 2 heterocycles. The van der Waals surface area contributed by atoms with Crippen molar-refractivity contribution in [2.24, 2.45) is 5.73 Å². The SMILES string of the molecule is CC(C)(N)c1cnc(OCC(F)F)c2cnc(Cl)cc12. The van der Waals surface area contributed by atoms with Gasteiger partial charge >= 0.3 is 0 Å². The Labute approximate surface area is 119 Å². The van der Waals surface area contributed by atoms with Crippen molar-refractivity contribution >= 4 is 22.4 Å². The molecule has 0 spiro atoms. The number of ether oxygens (including phenoxy) is 1. The Morgan fingerprint density at radius 2 is 2.00 bits per heavy atom. The van der Waals surface area contributed by atoms with Gasteiger partial charge in [-0.15, -0.1) is 0 Å². The van der Waals surface area contributed by atoms with E-state index in [0.29, 0.717) is 10.8 Å². The third-order valence-corrected chi connectivity index (χ3v) is 2.95. The average Bonchev–Trinajstić information content (AvgIpc) is 2.33. The highest BCUT2D eigenvalue weighted by Gasteiger charge is 2.21. The maximum Gasteiger partial charge on any atom is 0.272 e. The van der Waals surface area contributed by atoms with E-state index >= 15 is 0 Å². The van der Waals surface area contributed by atoms with Gasteiger partial charge in [-0.05, 0) is 30.9 Å². The lowest BCUT2D eigenvalue weighted by Gasteiger charge is -2.21. The van der Waals surface area contributed by atoms with E-state index in [1.165, 1.54) is 12.4 Å². The van der Waals surface area contributed by atoms with Gasteiger partial charge in [0, 0.05) is 17.9 Å². The molecular formula is C13H14ClF2N3O. The standard InChI is InChI=1S/C13H14ClF2N3O/c1-13(2,17)9-5-19-12(20-6-11(15)16)8-4-18-10(14)3-7(8)9/h3-5,11H,6,17H2,1-2H3. The molecule has 2 aromatic rings. The average molecular weight is 302 g/mol. The van der Waals surface area contributed by atoms with Gasteiger partial charge in [-0.2, -0.15) is 0 Å². The van der Waals surface area contributed by atoms with E-state index in [9.17, 15) is 8.78 Å². The van der Waals surface area contributed by atoms with Crippen LogP contribution in [-0.2, 0) is 5.54 Å². The van der Waals surface area contributed by atoms with Gasteiger partial charge in [0.2, 0.25) is 5.88 Å². The Morgan fingerprint density at radius 1 is 1.30 bits per heavy atom. The number of hydrogen-bond acceptors (Lipinski definition) is 4. The first kappa shape index (κ1) is 14.9. The number of rotatable bonds is 4. The third kappa shape index (κ3) is 3.13. The first-order valence-electron chi connectivity index (χ1n) is 5.93. The minimum atomic E-state index is -2.57. The number of fused-ring (bicyclic) bond motifs is 1. The highest BCUT2D eigenvalue weighted by Crippen LogP contribution is 2.32. The summed E-state index contributed by atoms with van der Waals surface area (Å²) in [6, 6.07) is 1.62. The summed E-state index contributed by atoms with van der Waals surface area (Å²) < 4.78 is 29.5. The number of alkyl halides is 2. The van der Waals surface area contributed by atoms with Crippen molar-refractivity contribution in [3.8, 4) is 5.88 Å². The van der Waals surface area contributed by atoms with E-state index in [1.54, 1.807) is 6.07 Å². The Balaban J connectivity index is 2.58. The van der Waals surface area contributed by atoms with E-state index in [4.69, 9.17) is 22.1 Å². The lowest BCUT2D eigenvalue weighted by atomic mass is 9.93. The molecule has 0 radical (unpaired) electrons. The van der Waals surface area contributed by atoms with Crippen LogP contribution in [0.3, 0.4) is 0 Å². The number of halogens is 3. The quantitative estimate of drug-likeness (QED) is 0.881. The Morgan fingerprint density at radius 3 is 2.60 bits per heavy atom. The van der Waals surface area contributed by atoms with Crippen LogP contribution in [0.5, 0.6) is 5.88 Å². The fourth-order valence-electron chi connectivity index (χ4n) is 1.86. The summed E-state index contributed by atoms with van der Waals surface area (Å²) >= 11 is 5.89. The highest BCUT2D eigenvalue weighted by molar-refractivity contribution is 6.30. The van der Waals surface area contributed by atoms with Crippen molar-refractivity contribution in [3.05, 3.63) is 29.2 Å². The summed E-state index contributed by atoms with van der Waals surface area (Å²) in [7, 11) is 0. The van der Waals surface area contributed by atoms with Gasteiger partial charge in [-0.1, -0.05) is 11.6 Å². The molecule has 0 atom stereocenters. The Kier molecular flexibility index (Phi) is 4.06. The fourth-order valence-corrected chi connectivity index (χ4v) is 2.01. The molecule has 108 valence electrons. The zero-order chi connectivity index (χ0) is 14.9. The van der Waals surface area contributed by atoms with Crippen LogP contribution < -0.4 is 10.5 Å². The van der Waals surface area contributed by atoms with Crippen molar-refractivity contribution in [1.29, 1.82) is 0 Å². The van der Waals surface area contributed by atoms with E-state index in [2.05, 4.69) is 9.97 Å². The number of pyridine rings is 2. The fraction of sp³-hybridized carbons (Fsp3) is 0.385. The number of nitrogens with zero attached hydrogens (tertiary/aromatic N) is 2. The van der Waals surface area contributed by atoms with Crippen LogP contribution in [0.25, 0.3) is 10.8 Å². The van der Waals surface area contributed by atoms with Crippen molar-refractivity contribution in [3.63, 3.8) is 0 Å². The van der Waals surface area contributed by atoms with Gasteiger partial charge in [-0.25, -0.2) is 18.7 Å². The van der Waals surface area contributed by atoms with Gasteiger partial charge in [0.15, 0.2) is 6.61 Å². The van der Waals surface area contributed by atoms with E-state index in [-0.39, 0.29) is 11.0 Å². The molecule has 2 aromatic heterocycles. The first-order chi connectivity index (χ1) is 9.29. The smallest absolute Gasteiger partial charge is 0.272 e. The van der Waals surface area contributed by atoms with Crippen LogP contribution in [0.15, 0.2) is 18.5 Å². The molecule has 2 N–H and O–H groups in total. The predicted molar refractivity (Wildman–Crippen MR) is 73.3 cm³/mol. The monoisotopic (exact) mass is 301 g/mol. The van der Waals surface area contributed by atoms with Crippen molar-refractivity contribution in [1.82, 2.24) is 9.97 Å². The van der Waals surface area contributed by atoms with Gasteiger partial charge in [-0.3, -0.25) is 0 Å². The van der Waals surface area contributed by atoms with Crippen LogP contribution in [0.2, 0.25) is 5.15 Å². The minimum Gasteiger partial charge on any atom is -0.471 e. The molecule has 4 nitrogen and oxygen atoms in total. The van der Waals surface area contributed by atoms with E-state index < -0.39 is 18.6 Å². The second-order valence-electron chi connectivity index (χ2n) is 4.95. The molecule has 0 unspecified atom stereocenters. The van der Waals surface area contributed by atoms with Crippen LogP contribution in [0, 0.1) is 0 Å². The van der Waals surface area contributed by atoms with Crippen molar-refractivity contribution < 1.29 is 13.5 Å². The van der Waals surface area contributed by atoms with Crippen molar-refractivity contribution in [2.45, 2.75) is 25.8 Å². The summed E-state index contributed by atoms with van der Waals surface area (Å²) in [4.78, 5) is 7.99. The third-order valence-electron chi connectivity index (χ3n) is 2.74. The molecule has 0 saturated carbocycles. The maximum absolute atomic E-state index is 12.2. The Hall–Kier alpha value is -1.53. The van der Waals surface area contributed by atoms with Crippen LogP contribution in [0.4, 0.5) is 8.78 Å². The summed E-state index contributed by atoms with van der Waals surface area (Å²) in [6.07, 6.45) is 0.387. The molecule has 0 amide bonds. The topological polar surface area (TPSA) is 61.0 Å². The van der Waals surface area contributed by atoms with Crippen LogP contribution in [-0.4, -0.2) is 23.0 Å². The second-order valence-corrected chi connectivity index (χ2v) is 5.34. The van der Waals surface area contributed by atoms with Gasteiger partial charge < -0.3 is 10.5 Å². The second kappa shape index (κ2) is 5.46. The molecule has 0 aliphatic heterocycles. The van der Waals surface area contributed by atoms with Crippen molar-refractivity contribution in [2.75, 3.05) is 6.61 Å². The summed E-state index contributed by atoms with van der Waals surface area (Å²) in [5.74, 6) is 0.0949. The number of aromatic nitrogens is 2. The summed E-state index contributed by atoms with van der Waals surface area (Å²) in [5.41, 5.74) is 6.16. The molecular weight excluding hydrogens is 288 g/mol. The summed E-state index contributed by atoms with van der Waals surface area (Å²) in [5, 5.41) is 1.48. The predicted octanol–water partition coefficient (Wildman–Crippen LogP) is 3.12. The van der Waals surface area contributed by atoms with Gasteiger partial charge in [0.05, 0.1) is 5.39 Å². The van der Waals surface area contributed by atoms with Gasteiger partial charge in [0.1, 0.15) is 5.15 Å². The van der Waals surface area contributed by atoms with Gasteiger partial charge in [0.25, 0.3) is 6.43 Å². The molecule has 0 fully saturated rings. The molecule has 0 aliphatic carbocycles. The first-order valence-corrected chi connectivity index (χ1v) is 6.31. The molecule has 0 aliphatic rings. The Bertz CT molecular complexity index is 629. The van der Waals surface area contributed by atoms with Crippen LogP contribution in [0.1, 0.15) is 19.4 Å². The maximum atomic E-state index is 12.2. The lowest BCUT2D eigenvalue weighted by Crippen LogP contribution is -2.29. The zero-order valence-corrected chi connectivity index (χ0v) is 11.8. The molecule has 20 heavy (non-hydrogen) atoms.